The molecule has 0 radical (unpaired) electrons. The quantitative estimate of drug-likeness (QED) is 0.833. The van der Waals surface area contributed by atoms with Crippen molar-refractivity contribution >= 4 is 5.97 Å². The zero-order valence-corrected chi connectivity index (χ0v) is 8.37. The molecular weight excluding hydrogens is 204 g/mol. The first-order chi connectivity index (χ1) is 6.93. The summed E-state index contributed by atoms with van der Waals surface area (Å²) in [6.07, 6.45) is 0. The van der Waals surface area contributed by atoms with Gasteiger partial charge in [-0.2, -0.15) is 0 Å². The van der Waals surface area contributed by atoms with Gasteiger partial charge in [0.25, 0.3) is 0 Å². The summed E-state index contributed by atoms with van der Waals surface area (Å²) in [6, 6.07) is 2.11. The van der Waals surface area contributed by atoms with Crippen LogP contribution in [0.25, 0.3) is 0 Å². The maximum atomic E-state index is 12.9. The topological polar surface area (TPSA) is 40.5 Å². The van der Waals surface area contributed by atoms with E-state index in [9.17, 15) is 13.6 Å². The molecule has 1 aromatic rings. The molecule has 0 saturated heterocycles. The standard InChI is InChI=1S/C10H11F2NO2/c1-13(2)9(10(14)15)6-3-4-7(11)8(12)5-6/h3-5,9H,1-2H3,(H,14,15)/t9-/m1/s1. The summed E-state index contributed by atoms with van der Waals surface area (Å²) in [4.78, 5) is 12.3. The third-order valence-electron chi connectivity index (χ3n) is 2.01. The van der Waals surface area contributed by atoms with E-state index in [-0.39, 0.29) is 5.56 Å². The highest BCUT2D eigenvalue weighted by Crippen LogP contribution is 2.20. The van der Waals surface area contributed by atoms with Crippen molar-refractivity contribution in [1.29, 1.82) is 0 Å². The Hall–Kier alpha value is -1.49. The number of nitrogens with zero attached hydrogens (tertiary/aromatic N) is 1. The molecule has 0 heterocycles. The number of benzene rings is 1. The summed E-state index contributed by atoms with van der Waals surface area (Å²) >= 11 is 0. The first-order valence-electron chi connectivity index (χ1n) is 4.27. The largest absolute Gasteiger partial charge is 0.480 e. The molecular formula is C10H11F2NO2. The summed E-state index contributed by atoms with van der Waals surface area (Å²) < 4.78 is 25.5. The lowest BCUT2D eigenvalue weighted by atomic mass is 10.1. The van der Waals surface area contributed by atoms with Crippen molar-refractivity contribution in [3.05, 3.63) is 35.4 Å². The van der Waals surface area contributed by atoms with Crippen molar-refractivity contribution < 1.29 is 18.7 Å². The summed E-state index contributed by atoms with van der Waals surface area (Å²) in [5.41, 5.74) is 0.214. The maximum Gasteiger partial charge on any atom is 0.325 e. The molecule has 0 saturated carbocycles. The summed E-state index contributed by atoms with van der Waals surface area (Å²) in [7, 11) is 3.11. The smallest absolute Gasteiger partial charge is 0.325 e. The van der Waals surface area contributed by atoms with Gasteiger partial charge in [-0.1, -0.05) is 6.07 Å². The van der Waals surface area contributed by atoms with Crippen molar-refractivity contribution in [2.75, 3.05) is 14.1 Å². The van der Waals surface area contributed by atoms with Crippen LogP contribution in [0.15, 0.2) is 18.2 Å². The fourth-order valence-electron chi connectivity index (χ4n) is 1.34. The number of aliphatic carboxylic acids is 1. The Morgan fingerprint density at radius 1 is 1.33 bits per heavy atom. The number of rotatable bonds is 3. The third kappa shape index (κ3) is 2.50. The van der Waals surface area contributed by atoms with Gasteiger partial charge in [-0.25, -0.2) is 8.78 Å². The monoisotopic (exact) mass is 215 g/mol. The van der Waals surface area contributed by atoms with Crippen LogP contribution in [-0.4, -0.2) is 30.1 Å². The minimum absolute atomic E-state index is 0.214. The van der Waals surface area contributed by atoms with Gasteiger partial charge in [0.05, 0.1) is 0 Å². The minimum atomic E-state index is -1.11. The van der Waals surface area contributed by atoms with E-state index in [1.165, 1.54) is 11.0 Å². The van der Waals surface area contributed by atoms with Gasteiger partial charge >= 0.3 is 5.97 Å². The van der Waals surface area contributed by atoms with Crippen LogP contribution in [0.1, 0.15) is 11.6 Å². The molecule has 1 atom stereocenters. The van der Waals surface area contributed by atoms with Gasteiger partial charge in [0.2, 0.25) is 0 Å². The first kappa shape index (κ1) is 11.6. The van der Waals surface area contributed by atoms with E-state index < -0.39 is 23.6 Å². The highest BCUT2D eigenvalue weighted by Gasteiger charge is 2.22. The number of hydrogen-bond donors (Lipinski definition) is 1. The number of carboxylic acids is 1. The van der Waals surface area contributed by atoms with E-state index in [0.717, 1.165) is 12.1 Å². The summed E-state index contributed by atoms with van der Waals surface area (Å²) in [6.45, 7) is 0. The minimum Gasteiger partial charge on any atom is -0.480 e. The number of likely N-dealkylation sites (N-methyl/N-ethyl adjacent to an activating group) is 1. The molecule has 0 spiro atoms. The molecule has 1 rings (SSSR count). The lowest BCUT2D eigenvalue weighted by molar-refractivity contribution is -0.142. The predicted octanol–water partition coefficient (Wildman–Crippen LogP) is 1.65. The molecule has 5 heteroatoms. The van der Waals surface area contributed by atoms with Crippen LogP contribution in [0.4, 0.5) is 8.78 Å². The Balaban J connectivity index is 3.12. The summed E-state index contributed by atoms with van der Waals surface area (Å²) in [5.74, 6) is -3.13. The third-order valence-corrected chi connectivity index (χ3v) is 2.01. The van der Waals surface area contributed by atoms with E-state index in [0.29, 0.717) is 0 Å². The Bertz CT molecular complexity index is 380. The Labute approximate surface area is 85.9 Å². The van der Waals surface area contributed by atoms with Gasteiger partial charge in [-0.15, -0.1) is 0 Å². The van der Waals surface area contributed by atoms with Crippen LogP contribution < -0.4 is 0 Å². The zero-order valence-electron chi connectivity index (χ0n) is 8.37. The molecule has 0 bridgehead atoms. The van der Waals surface area contributed by atoms with Gasteiger partial charge in [-0.3, -0.25) is 9.69 Å². The molecule has 0 aliphatic carbocycles. The average Bonchev–Trinajstić information content (AvgIpc) is 2.10. The number of hydrogen-bond acceptors (Lipinski definition) is 2. The summed E-state index contributed by atoms with van der Waals surface area (Å²) in [5, 5.41) is 8.90. The molecule has 0 aliphatic rings. The Kier molecular flexibility index (Phi) is 3.36. The van der Waals surface area contributed by atoms with Gasteiger partial charge in [0.1, 0.15) is 6.04 Å². The van der Waals surface area contributed by atoms with Crippen LogP contribution in [-0.2, 0) is 4.79 Å². The molecule has 1 N–H and O–H groups in total. The predicted molar refractivity (Wildman–Crippen MR) is 50.4 cm³/mol. The maximum absolute atomic E-state index is 12.9. The number of halogens is 2. The van der Waals surface area contributed by atoms with Crippen molar-refractivity contribution in [3.8, 4) is 0 Å². The number of carbonyl (C=O) groups is 1. The molecule has 0 aliphatic heterocycles. The van der Waals surface area contributed by atoms with Crippen LogP contribution in [0.2, 0.25) is 0 Å². The van der Waals surface area contributed by atoms with Gasteiger partial charge in [0, 0.05) is 0 Å². The van der Waals surface area contributed by atoms with Crippen LogP contribution >= 0.6 is 0 Å². The highest BCUT2D eigenvalue weighted by atomic mass is 19.2. The van der Waals surface area contributed by atoms with Crippen molar-refractivity contribution in [2.24, 2.45) is 0 Å². The van der Waals surface area contributed by atoms with Crippen molar-refractivity contribution in [1.82, 2.24) is 4.90 Å². The van der Waals surface area contributed by atoms with Gasteiger partial charge < -0.3 is 5.11 Å². The Morgan fingerprint density at radius 3 is 2.33 bits per heavy atom. The lowest BCUT2D eigenvalue weighted by Gasteiger charge is -2.20. The second-order valence-electron chi connectivity index (χ2n) is 3.38. The van der Waals surface area contributed by atoms with Gasteiger partial charge in [-0.05, 0) is 31.8 Å². The zero-order chi connectivity index (χ0) is 11.6. The highest BCUT2D eigenvalue weighted by molar-refractivity contribution is 5.75. The second-order valence-corrected chi connectivity index (χ2v) is 3.38. The molecule has 3 nitrogen and oxygen atoms in total. The molecule has 0 unspecified atom stereocenters. The molecule has 1 aromatic carbocycles. The molecule has 15 heavy (non-hydrogen) atoms. The van der Waals surface area contributed by atoms with Crippen molar-refractivity contribution in [2.45, 2.75) is 6.04 Å². The molecule has 0 fully saturated rings. The average molecular weight is 215 g/mol. The van der Waals surface area contributed by atoms with E-state index in [2.05, 4.69) is 0 Å². The fraction of sp³-hybridized carbons (Fsp3) is 0.300. The molecule has 0 amide bonds. The van der Waals surface area contributed by atoms with E-state index in [1.807, 2.05) is 0 Å². The number of carboxylic acid groups (broad SMARTS) is 1. The first-order valence-corrected chi connectivity index (χ1v) is 4.27. The van der Waals surface area contributed by atoms with E-state index in [1.54, 1.807) is 14.1 Å². The van der Waals surface area contributed by atoms with Crippen LogP contribution in [0.5, 0.6) is 0 Å². The molecule has 82 valence electrons. The van der Waals surface area contributed by atoms with Crippen LogP contribution in [0, 0.1) is 11.6 Å². The Morgan fingerprint density at radius 2 is 1.93 bits per heavy atom. The second kappa shape index (κ2) is 4.35. The van der Waals surface area contributed by atoms with Gasteiger partial charge in [0.15, 0.2) is 11.6 Å². The van der Waals surface area contributed by atoms with Crippen LogP contribution in [0.3, 0.4) is 0 Å². The fourth-order valence-corrected chi connectivity index (χ4v) is 1.34. The van der Waals surface area contributed by atoms with E-state index >= 15 is 0 Å². The van der Waals surface area contributed by atoms with E-state index in [4.69, 9.17) is 5.11 Å². The SMILES string of the molecule is CN(C)[C@@H](C(=O)O)c1ccc(F)c(F)c1. The normalized spacial score (nSPS) is 12.9. The molecule has 0 aromatic heterocycles. The van der Waals surface area contributed by atoms with Crippen molar-refractivity contribution in [3.63, 3.8) is 0 Å². The lowest BCUT2D eigenvalue weighted by Crippen LogP contribution is -2.27.